The van der Waals surface area contributed by atoms with Crippen LogP contribution in [0.5, 0.6) is 0 Å². The van der Waals surface area contributed by atoms with Gasteiger partial charge in [-0.15, -0.1) is 0 Å². The molecule has 1 saturated heterocycles. The van der Waals surface area contributed by atoms with Gasteiger partial charge in [0, 0.05) is 39.3 Å². The Morgan fingerprint density at radius 1 is 1.25 bits per heavy atom. The zero-order chi connectivity index (χ0) is 17.2. The minimum atomic E-state index is -3.07. The first-order valence-corrected chi connectivity index (χ1v) is 10.7. The lowest BCUT2D eigenvalue weighted by Crippen LogP contribution is -2.46. The standard InChI is InChI=1S/C17H29N3O3S/c1-15-3-9-19(10-4-15)12-8-18-16(21)20-11-7-17(5-2-6-17)24(22,23)14-13-20/h3H,2,4-14H2,1H3,(H,18,21). The lowest BCUT2D eigenvalue weighted by molar-refractivity contribution is 0.193. The predicted molar refractivity (Wildman–Crippen MR) is 94.8 cm³/mol. The van der Waals surface area contributed by atoms with Gasteiger partial charge in [0.25, 0.3) is 0 Å². The zero-order valence-corrected chi connectivity index (χ0v) is 15.4. The van der Waals surface area contributed by atoms with Gasteiger partial charge in [-0.2, -0.15) is 0 Å². The number of sulfone groups is 1. The van der Waals surface area contributed by atoms with Crippen LogP contribution < -0.4 is 5.32 Å². The van der Waals surface area contributed by atoms with Crippen molar-refractivity contribution in [2.75, 3.05) is 45.0 Å². The van der Waals surface area contributed by atoms with Gasteiger partial charge in [-0.05, 0) is 32.6 Å². The van der Waals surface area contributed by atoms with E-state index in [0.717, 1.165) is 45.3 Å². The average molecular weight is 356 g/mol. The number of urea groups is 1. The molecule has 3 rings (SSSR count). The molecule has 0 radical (unpaired) electrons. The van der Waals surface area contributed by atoms with E-state index in [2.05, 4.69) is 23.2 Å². The van der Waals surface area contributed by atoms with Crippen molar-refractivity contribution >= 4 is 15.9 Å². The van der Waals surface area contributed by atoms with E-state index in [1.165, 1.54) is 5.57 Å². The summed E-state index contributed by atoms with van der Waals surface area (Å²) >= 11 is 0. The number of nitrogens with zero attached hydrogens (tertiary/aromatic N) is 2. The first-order valence-electron chi connectivity index (χ1n) is 9.05. The summed E-state index contributed by atoms with van der Waals surface area (Å²) < 4.78 is 24.4. The summed E-state index contributed by atoms with van der Waals surface area (Å²) in [6.45, 7) is 6.47. The number of carbonyl (C=O) groups is 1. The van der Waals surface area contributed by atoms with Crippen molar-refractivity contribution in [1.82, 2.24) is 15.1 Å². The Morgan fingerprint density at radius 3 is 2.67 bits per heavy atom. The van der Waals surface area contributed by atoms with Crippen LogP contribution in [0.2, 0.25) is 0 Å². The lowest BCUT2D eigenvalue weighted by atomic mass is 9.81. The largest absolute Gasteiger partial charge is 0.337 e. The molecule has 2 heterocycles. The highest BCUT2D eigenvalue weighted by atomic mass is 32.2. The molecule has 2 amide bonds. The topological polar surface area (TPSA) is 69.7 Å². The maximum Gasteiger partial charge on any atom is 0.317 e. The summed E-state index contributed by atoms with van der Waals surface area (Å²) in [5, 5.41) is 2.96. The Bertz CT molecular complexity index is 611. The predicted octanol–water partition coefficient (Wildman–Crippen LogP) is 1.39. The van der Waals surface area contributed by atoms with Gasteiger partial charge >= 0.3 is 6.03 Å². The van der Waals surface area contributed by atoms with Crippen molar-refractivity contribution in [1.29, 1.82) is 0 Å². The molecule has 1 N–H and O–H groups in total. The summed E-state index contributed by atoms with van der Waals surface area (Å²) in [7, 11) is -3.07. The summed E-state index contributed by atoms with van der Waals surface area (Å²) in [6, 6.07) is -0.120. The molecule has 136 valence electrons. The SMILES string of the molecule is CC1=CCN(CCNC(=O)N2CCC3(CCC3)S(=O)(=O)CC2)CC1. The molecule has 7 heteroatoms. The Balaban J connectivity index is 1.46. The van der Waals surface area contributed by atoms with Crippen molar-refractivity contribution in [3.05, 3.63) is 11.6 Å². The molecule has 1 saturated carbocycles. The Labute approximate surface area is 145 Å². The van der Waals surface area contributed by atoms with E-state index in [1.54, 1.807) is 4.90 Å². The van der Waals surface area contributed by atoms with Crippen LogP contribution >= 0.6 is 0 Å². The van der Waals surface area contributed by atoms with Crippen LogP contribution in [-0.2, 0) is 9.84 Å². The van der Waals surface area contributed by atoms with Crippen LogP contribution in [0.4, 0.5) is 4.79 Å². The summed E-state index contributed by atoms with van der Waals surface area (Å²) in [5.74, 6) is 0.108. The molecule has 2 aliphatic heterocycles. The van der Waals surface area contributed by atoms with Gasteiger partial charge in [0.05, 0.1) is 10.5 Å². The highest BCUT2D eigenvalue weighted by Crippen LogP contribution is 2.43. The van der Waals surface area contributed by atoms with Gasteiger partial charge in [-0.25, -0.2) is 13.2 Å². The first-order chi connectivity index (χ1) is 11.4. The van der Waals surface area contributed by atoms with Gasteiger partial charge in [0.2, 0.25) is 0 Å². The number of amides is 2. The molecule has 24 heavy (non-hydrogen) atoms. The first kappa shape index (κ1) is 17.7. The van der Waals surface area contributed by atoms with Crippen molar-refractivity contribution in [2.24, 2.45) is 0 Å². The normalized spacial score (nSPS) is 26.4. The van der Waals surface area contributed by atoms with Crippen molar-refractivity contribution < 1.29 is 13.2 Å². The molecule has 0 bridgehead atoms. The highest BCUT2D eigenvalue weighted by Gasteiger charge is 2.49. The third kappa shape index (κ3) is 3.61. The maximum atomic E-state index is 12.5. The van der Waals surface area contributed by atoms with E-state index >= 15 is 0 Å². The molecule has 1 aliphatic carbocycles. The zero-order valence-electron chi connectivity index (χ0n) is 14.6. The van der Waals surface area contributed by atoms with Gasteiger partial charge in [-0.3, -0.25) is 4.90 Å². The second kappa shape index (κ2) is 7.04. The lowest BCUT2D eigenvalue weighted by Gasteiger charge is -2.39. The summed E-state index contributed by atoms with van der Waals surface area (Å²) in [4.78, 5) is 16.4. The second-order valence-corrected chi connectivity index (χ2v) is 9.93. The Kier molecular flexibility index (Phi) is 5.20. The van der Waals surface area contributed by atoms with E-state index in [4.69, 9.17) is 0 Å². The molecular formula is C17H29N3O3S. The highest BCUT2D eigenvalue weighted by molar-refractivity contribution is 7.92. The van der Waals surface area contributed by atoms with Crippen LogP contribution in [0.25, 0.3) is 0 Å². The molecule has 2 fully saturated rings. The van der Waals surface area contributed by atoms with E-state index in [9.17, 15) is 13.2 Å². The maximum absolute atomic E-state index is 12.5. The van der Waals surface area contributed by atoms with Crippen molar-refractivity contribution in [3.63, 3.8) is 0 Å². The minimum absolute atomic E-state index is 0.108. The third-order valence-electron chi connectivity index (χ3n) is 5.90. The van der Waals surface area contributed by atoms with E-state index < -0.39 is 14.6 Å². The van der Waals surface area contributed by atoms with Crippen LogP contribution in [0.3, 0.4) is 0 Å². The molecule has 0 aromatic carbocycles. The number of hydrogen-bond acceptors (Lipinski definition) is 4. The fraction of sp³-hybridized carbons (Fsp3) is 0.824. The van der Waals surface area contributed by atoms with E-state index in [-0.39, 0.29) is 11.8 Å². The number of nitrogens with one attached hydrogen (secondary N) is 1. The molecule has 0 aromatic heterocycles. The second-order valence-electron chi connectivity index (χ2n) is 7.43. The molecule has 0 atom stereocenters. The van der Waals surface area contributed by atoms with E-state index in [0.29, 0.717) is 26.1 Å². The van der Waals surface area contributed by atoms with E-state index in [1.807, 2.05) is 0 Å². The smallest absolute Gasteiger partial charge is 0.317 e. The third-order valence-corrected chi connectivity index (χ3v) is 8.56. The van der Waals surface area contributed by atoms with Crippen molar-refractivity contribution in [3.8, 4) is 0 Å². The van der Waals surface area contributed by atoms with Crippen LogP contribution in [0, 0.1) is 0 Å². The van der Waals surface area contributed by atoms with Gasteiger partial charge in [0.1, 0.15) is 0 Å². The summed E-state index contributed by atoms with van der Waals surface area (Å²) in [6.07, 6.45) is 6.47. The Hall–Kier alpha value is -1.08. The number of carbonyl (C=O) groups excluding carboxylic acids is 1. The van der Waals surface area contributed by atoms with Gasteiger partial charge in [0.15, 0.2) is 9.84 Å². The summed E-state index contributed by atoms with van der Waals surface area (Å²) in [5.41, 5.74) is 1.44. The fourth-order valence-electron chi connectivity index (χ4n) is 3.84. The Morgan fingerprint density at radius 2 is 2.04 bits per heavy atom. The molecular weight excluding hydrogens is 326 g/mol. The minimum Gasteiger partial charge on any atom is -0.337 e. The van der Waals surface area contributed by atoms with Crippen LogP contribution in [-0.4, -0.2) is 74.0 Å². The fourth-order valence-corrected chi connectivity index (χ4v) is 6.04. The van der Waals surface area contributed by atoms with Gasteiger partial charge < -0.3 is 10.2 Å². The quantitative estimate of drug-likeness (QED) is 0.777. The molecule has 3 aliphatic rings. The molecule has 0 unspecified atom stereocenters. The van der Waals surface area contributed by atoms with Crippen LogP contribution in [0.15, 0.2) is 11.6 Å². The average Bonchev–Trinajstić information content (AvgIpc) is 2.64. The molecule has 0 aromatic rings. The molecule has 1 spiro atoms. The molecule has 6 nitrogen and oxygen atoms in total. The number of rotatable bonds is 3. The van der Waals surface area contributed by atoms with Gasteiger partial charge in [-0.1, -0.05) is 18.1 Å². The van der Waals surface area contributed by atoms with Crippen molar-refractivity contribution in [2.45, 2.75) is 43.8 Å². The monoisotopic (exact) mass is 355 g/mol. The van der Waals surface area contributed by atoms with Crippen LogP contribution in [0.1, 0.15) is 39.0 Å². The number of hydrogen-bond donors (Lipinski definition) is 1.